The zero-order valence-corrected chi connectivity index (χ0v) is 8.19. The van der Waals surface area contributed by atoms with E-state index in [1.54, 1.807) is 12.1 Å². The van der Waals surface area contributed by atoms with E-state index in [0.29, 0.717) is 10.9 Å². The van der Waals surface area contributed by atoms with Crippen molar-refractivity contribution in [1.82, 2.24) is 0 Å². The zero-order chi connectivity index (χ0) is 9.42. The van der Waals surface area contributed by atoms with Crippen LogP contribution in [-0.4, -0.2) is 5.11 Å². The number of nitriles is 1. The molecule has 0 atom stereocenters. The summed E-state index contributed by atoms with van der Waals surface area (Å²) >= 11 is 5.66. The quantitative estimate of drug-likeness (QED) is 0.652. The van der Waals surface area contributed by atoms with Gasteiger partial charge in [-0.3, -0.25) is 0 Å². The number of benzene rings is 1. The smallest absolute Gasteiger partial charge is 0.142 e. The summed E-state index contributed by atoms with van der Waals surface area (Å²) in [6.07, 6.45) is 0. The third-order valence-electron chi connectivity index (χ3n) is 1.78. The zero-order valence-electron chi connectivity index (χ0n) is 6.48. The van der Waals surface area contributed by atoms with Gasteiger partial charge in [-0.2, -0.15) is 5.26 Å². The molecule has 13 heavy (non-hydrogen) atoms. The largest absolute Gasteiger partial charge is 0.506 e. The van der Waals surface area contributed by atoms with Gasteiger partial charge < -0.3 is 5.11 Å². The van der Waals surface area contributed by atoms with Crippen molar-refractivity contribution >= 4 is 34.1 Å². The number of phenolic OH excluding ortho intramolecular Hbond substituents is 1. The molecule has 0 aliphatic carbocycles. The lowest BCUT2D eigenvalue weighted by molar-refractivity contribution is 0.480. The second-order valence-electron chi connectivity index (χ2n) is 2.57. The summed E-state index contributed by atoms with van der Waals surface area (Å²) in [5.74, 6) is 0.0524. The molecular formula is C9H5NOS2. The van der Waals surface area contributed by atoms with Crippen molar-refractivity contribution in [2.75, 3.05) is 0 Å². The van der Waals surface area contributed by atoms with Gasteiger partial charge in [0.1, 0.15) is 11.8 Å². The minimum atomic E-state index is 0.0524. The number of fused-ring (bicyclic) bond motifs is 1. The molecule has 4 heteroatoms. The second kappa shape index (κ2) is 2.95. The van der Waals surface area contributed by atoms with Crippen LogP contribution in [0, 0.1) is 11.3 Å². The molecule has 0 aliphatic rings. The summed E-state index contributed by atoms with van der Waals surface area (Å²) in [7, 11) is 0. The molecule has 1 N–H and O–H groups in total. The number of thiol groups is 1. The van der Waals surface area contributed by atoms with Crippen LogP contribution in [0.5, 0.6) is 5.75 Å². The minimum Gasteiger partial charge on any atom is -0.506 e. The lowest BCUT2D eigenvalue weighted by Crippen LogP contribution is -1.74. The van der Waals surface area contributed by atoms with E-state index in [2.05, 4.69) is 12.6 Å². The third kappa shape index (κ3) is 1.26. The van der Waals surface area contributed by atoms with Crippen molar-refractivity contribution in [2.45, 2.75) is 4.21 Å². The molecule has 0 unspecified atom stereocenters. The Bertz CT molecular complexity index is 510. The van der Waals surface area contributed by atoms with Crippen molar-refractivity contribution in [3.05, 3.63) is 23.8 Å². The molecular weight excluding hydrogens is 202 g/mol. The summed E-state index contributed by atoms with van der Waals surface area (Å²) in [6.45, 7) is 0. The molecule has 1 aromatic carbocycles. The van der Waals surface area contributed by atoms with Crippen LogP contribution in [-0.2, 0) is 0 Å². The van der Waals surface area contributed by atoms with Crippen LogP contribution in [0.25, 0.3) is 10.1 Å². The Hall–Kier alpha value is -1.18. The van der Waals surface area contributed by atoms with E-state index in [4.69, 9.17) is 5.26 Å². The molecule has 64 valence electrons. The number of hydrogen-bond acceptors (Lipinski definition) is 4. The van der Waals surface area contributed by atoms with E-state index in [1.165, 1.54) is 11.3 Å². The highest BCUT2D eigenvalue weighted by Crippen LogP contribution is 2.35. The first kappa shape index (κ1) is 8.42. The Balaban J connectivity index is 2.87. The molecule has 0 radical (unpaired) electrons. The van der Waals surface area contributed by atoms with E-state index in [9.17, 15) is 5.11 Å². The number of nitrogens with zero attached hydrogens (tertiary/aromatic N) is 1. The molecule has 0 bridgehead atoms. The summed E-state index contributed by atoms with van der Waals surface area (Å²) in [6, 6.07) is 7.12. The molecule has 0 aliphatic heterocycles. The van der Waals surface area contributed by atoms with Crippen LogP contribution in [0.2, 0.25) is 0 Å². The standard InChI is InChI=1S/C9H5NOS2/c10-4-5-1-2-7-6(9(5)11)3-8(12)13-7/h1-3,11-12H. The molecule has 1 heterocycles. The van der Waals surface area contributed by atoms with E-state index in [-0.39, 0.29) is 5.75 Å². The summed E-state index contributed by atoms with van der Waals surface area (Å²) in [5, 5.41) is 19.0. The fourth-order valence-electron chi connectivity index (χ4n) is 1.17. The van der Waals surface area contributed by atoms with E-state index < -0.39 is 0 Å². The van der Waals surface area contributed by atoms with E-state index in [0.717, 1.165) is 8.91 Å². The fourth-order valence-corrected chi connectivity index (χ4v) is 2.40. The molecule has 0 amide bonds. The maximum absolute atomic E-state index is 9.61. The Morgan fingerprint density at radius 1 is 1.46 bits per heavy atom. The highest BCUT2D eigenvalue weighted by molar-refractivity contribution is 7.83. The van der Waals surface area contributed by atoms with Gasteiger partial charge in [0.2, 0.25) is 0 Å². The van der Waals surface area contributed by atoms with E-state index >= 15 is 0 Å². The van der Waals surface area contributed by atoms with Gasteiger partial charge in [-0.1, -0.05) is 0 Å². The van der Waals surface area contributed by atoms with Crippen LogP contribution in [0.15, 0.2) is 22.4 Å². The molecule has 0 saturated heterocycles. The Morgan fingerprint density at radius 3 is 2.92 bits per heavy atom. The topological polar surface area (TPSA) is 44.0 Å². The highest BCUT2D eigenvalue weighted by Gasteiger charge is 2.07. The number of thiophene rings is 1. The molecule has 1 aromatic heterocycles. The van der Waals surface area contributed by atoms with Crippen LogP contribution < -0.4 is 0 Å². The number of aromatic hydroxyl groups is 1. The van der Waals surface area contributed by atoms with E-state index in [1.807, 2.05) is 12.1 Å². The van der Waals surface area contributed by atoms with Crippen LogP contribution in [0.1, 0.15) is 5.56 Å². The van der Waals surface area contributed by atoms with Gasteiger partial charge >= 0.3 is 0 Å². The normalized spacial score (nSPS) is 10.2. The first-order chi connectivity index (χ1) is 6.22. The van der Waals surface area contributed by atoms with Gasteiger partial charge in [0.25, 0.3) is 0 Å². The Kier molecular flexibility index (Phi) is 1.91. The average molecular weight is 207 g/mol. The SMILES string of the molecule is N#Cc1ccc2sc(S)cc2c1O. The first-order valence-electron chi connectivity index (χ1n) is 3.57. The van der Waals surface area contributed by atoms with Crippen molar-refractivity contribution in [1.29, 1.82) is 5.26 Å². The summed E-state index contributed by atoms with van der Waals surface area (Å²) in [4.78, 5) is 0. The lowest BCUT2D eigenvalue weighted by atomic mass is 10.1. The predicted octanol–water partition coefficient (Wildman–Crippen LogP) is 2.77. The van der Waals surface area contributed by atoms with Crippen LogP contribution >= 0.6 is 24.0 Å². The molecule has 0 spiro atoms. The maximum atomic E-state index is 9.61. The van der Waals surface area contributed by atoms with Crippen LogP contribution in [0.3, 0.4) is 0 Å². The van der Waals surface area contributed by atoms with Crippen molar-refractivity contribution < 1.29 is 5.11 Å². The van der Waals surface area contributed by atoms with Gasteiger partial charge in [0.15, 0.2) is 0 Å². The van der Waals surface area contributed by atoms with Crippen molar-refractivity contribution in [2.24, 2.45) is 0 Å². The molecule has 2 aromatic rings. The minimum absolute atomic E-state index is 0.0524. The number of rotatable bonds is 0. The Labute approximate surface area is 84.5 Å². The van der Waals surface area contributed by atoms with Crippen molar-refractivity contribution in [3.8, 4) is 11.8 Å². The first-order valence-corrected chi connectivity index (χ1v) is 4.83. The third-order valence-corrected chi connectivity index (χ3v) is 3.09. The fraction of sp³-hybridized carbons (Fsp3) is 0. The van der Waals surface area contributed by atoms with Gasteiger partial charge in [-0.25, -0.2) is 0 Å². The molecule has 0 saturated carbocycles. The monoisotopic (exact) mass is 207 g/mol. The average Bonchev–Trinajstić information content (AvgIpc) is 2.47. The number of phenols is 1. The highest BCUT2D eigenvalue weighted by atomic mass is 32.2. The van der Waals surface area contributed by atoms with Gasteiger partial charge in [0.05, 0.1) is 9.77 Å². The van der Waals surface area contributed by atoms with Gasteiger partial charge in [0, 0.05) is 10.1 Å². The molecule has 2 nitrogen and oxygen atoms in total. The molecule has 2 rings (SSSR count). The summed E-state index contributed by atoms with van der Waals surface area (Å²) < 4.78 is 1.78. The van der Waals surface area contributed by atoms with Crippen LogP contribution in [0.4, 0.5) is 0 Å². The van der Waals surface area contributed by atoms with Gasteiger partial charge in [-0.15, -0.1) is 24.0 Å². The lowest BCUT2D eigenvalue weighted by Gasteiger charge is -1.95. The maximum Gasteiger partial charge on any atom is 0.142 e. The second-order valence-corrected chi connectivity index (χ2v) is 4.44. The Morgan fingerprint density at radius 2 is 2.23 bits per heavy atom. The van der Waals surface area contributed by atoms with Crippen molar-refractivity contribution in [3.63, 3.8) is 0 Å². The predicted molar refractivity (Wildman–Crippen MR) is 55.5 cm³/mol. The number of hydrogen-bond donors (Lipinski definition) is 2. The summed E-state index contributed by atoms with van der Waals surface area (Å²) in [5.41, 5.74) is 0.304. The molecule has 0 fully saturated rings. The van der Waals surface area contributed by atoms with Gasteiger partial charge in [-0.05, 0) is 18.2 Å².